The van der Waals surface area contributed by atoms with Gasteiger partial charge in [-0.1, -0.05) is 12.2 Å². The van der Waals surface area contributed by atoms with E-state index in [9.17, 15) is 4.79 Å². The fourth-order valence-electron chi connectivity index (χ4n) is 2.32. The average Bonchev–Trinajstić information content (AvgIpc) is 2.33. The first-order chi connectivity index (χ1) is 8.25. The largest absolute Gasteiger partial charge is 0.369 e. The molecule has 4 nitrogen and oxygen atoms in total. The molecule has 0 aromatic rings. The van der Waals surface area contributed by atoms with E-state index in [2.05, 4.69) is 23.5 Å². The summed E-state index contributed by atoms with van der Waals surface area (Å²) in [7, 11) is 0. The molecule has 17 heavy (non-hydrogen) atoms. The zero-order valence-corrected chi connectivity index (χ0v) is 9.31. The van der Waals surface area contributed by atoms with E-state index in [-0.39, 0.29) is 12.3 Å². The summed E-state index contributed by atoms with van der Waals surface area (Å²) in [5.74, 6) is -0.312. The molecule has 3 aliphatic rings. The van der Waals surface area contributed by atoms with Gasteiger partial charge in [0.2, 0.25) is 5.91 Å². The van der Waals surface area contributed by atoms with Crippen LogP contribution in [0.2, 0.25) is 0 Å². The zero-order valence-electron chi connectivity index (χ0n) is 9.31. The highest BCUT2D eigenvalue weighted by molar-refractivity contribution is 5.77. The van der Waals surface area contributed by atoms with Gasteiger partial charge in [0, 0.05) is 18.1 Å². The van der Waals surface area contributed by atoms with Crippen molar-refractivity contribution >= 4 is 5.91 Å². The molecule has 0 spiro atoms. The highest BCUT2D eigenvalue weighted by Gasteiger charge is 2.26. The first-order valence-corrected chi connectivity index (χ1v) is 5.57. The molecule has 86 valence electrons. The Morgan fingerprint density at radius 1 is 1.47 bits per heavy atom. The molecule has 2 heterocycles. The first kappa shape index (κ1) is 9.96. The third-order valence-electron chi connectivity index (χ3n) is 3.03. The van der Waals surface area contributed by atoms with Gasteiger partial charge in [-0.3, -0.25) is 4.79 Å². The average molecular weight is 227 g/mol. The van der Waals surface area contributed by atoms with Gasteiger partial charge in [-0.25, -0.2) is 0 Å². The fourth-order valence-corrected chi connectivity index (χ4v) is 2.32. The van der Waals surface area contributed by atoms with Crippen molar-refractivity contribution in [1.29, 1.82) is 0 Å². The van der Waals surface area contributed by atoms with Gasteiger partial charge < -0.3 is 16.0 Å². The van der Waals surface area contributed by atoms with E-state index < -0.39 is 0 Å². The lowest BCUT2D eigenvalue weighted by Crippen LogP contribution is -2.31. The summed E-state index contributed by atoms with van der Waals surface area (Å²) < 4.78 is 0. The molecule has 0 aromatic carbocycles. The molecule has 0 fully saturated rings. The zero-order chi connectivity index (χ0) is 11.8. The van der Waals surface area contributed by atoms with Crippen LogP contribution in [0.4, 0.5) is 0 Å². The van der Waals surface area contributed by atoms with E-state index in [1.54, 1.807) is 0 Å². The topological polar surface area (TPSA) is 58.4 Å². The van der Waals surface area contributed by atoms with Crippen LogP contribution in [0.5, 0.6) is 0 Å². The van der Waals surface area contributed by atoms with Crippen molar-refractivity contribution in [2.24, 2.45) is 5.73 Å². The van der Waals surface area contributed by atoms with E-state index in [4.69, 9.17) is 5.73 Å². The van der Waals surface area contributed by atoms with Crippen LogP contribution < -0.4 is 11.1 Å². The summed E-state index contributed by atoms with van der Waals surface area (Å²) in [5.41, 5.74) is 9.64. The Bertz CT molecular complexity index is 535. The van der Waals surface area contributed by atoms with Gasteiger partial charge >= 0.3 is 0 Å². The maximum absolute atomic E-state index is 11.1. The Hall–Kier alpha value is -2.23. The van der Waals surface area contributed by atoms with E-state index in [0.717, 1.165) is 23.5 Å². The molecule has 0 bridgehead atoms. The molecule has 0 atom stereocenters. The number of hydrogen-bond acceptors (Lipinski definition) is 3. The molecule has 0 unspecified atom stereocenters. The Balaban J connectivity index is 2.04. The smallest absolute Gasteiger partial charge is 0.223 e. The molecular formula is C13H13N3O. The van der Waals surface area contributed by atoms with Crippen LogP contribution in [-0.2, 0) is 4.79 Å². The maximum Gasteiger partial charge on any atom is 0.223 e. The van der Waals surface area contributed by atoms with Crippen molar-refractivity contribution in [1.82, 2.24) is 10.2 Å². The van der Waals surface area contributed by atoms with Gasteiger partial charge in [0.05, 0.1) is 17.8 Å². The second-order valence-electron chi connectivity index (χ2n) is 4.19. The lowest BCUT2D eigenvalue weighted by atomic mass is 9.95. The number of hydrogen-bond donors (Lipinski definition) is 2. The van der Waals surface area contributed by atoms with Crippen molar-refractivity contribution in [3.05, 3.63) is 59.4 Å². The Morgan fingerprint density at radius 3 is 3.18 bits per heavy atom. The predicted molar refractivity (Wildman–Crippen MR) is 64.9 cm³/mol. The van der Waals surface area contributed by atoms with Gasteiger partial charge in [-0.15, -0.1) is 0 Å². The normalized spacial score (nSPS) is 20.6. The number of carbonyl (C=O) groups is 1. The number of carbonyl (C=O) groups excluding carboxylic acids is 1. The van der Waals surface area contributed by atoms with E-state index in [0.29, 0.717) is 0 Å². The van der Waals surface area contributed by atoms with Crippen LogP contribution in [0.25, 0.3) is 0 Å². The number of rotatable bonds is 2. The first-order valence-electron chi connectivity index (χ1n) is 5.57. The Morgan fingerprint density at radius 2 is 2.35 bits per heavy atom. The van der Waals surface area contributed by atoms with Crippen LogP contribution >= 0.6 is 0 Å². The molecule has 2 aliphatic heterocycles. The van der Waals surface area contributed by atoms with Crippen LogP contribution in [0.3, 0.4) is 0 Å². The SMILES string of the molecule is NC(=O)CC1=CC=C2CC=CC3=C2N1C=CN3. The number of allylic oxidation sites excluding steroid dienone is 5. The van der Waals surface area contributed by atoms with Gasteiger partial charge in [0.25, 0.3) is 0 Å². The van der Waals surface area contributed by atoms with Gasteiger partial charge in [-0.05, 0) is 24.1 Å². The second-order valence-corrected chi connectivity index (χ2v) is 4.19. The summed E-state index contributed by atoms with van der Waals surface area (Å²) in [6, 6.07) is 0. The number of nitrogens with two attached hydrogens (primary N) is 1. The molecule has 1 amide bonds. The summed E-state index contributed by atoms with van der Waals surface area (Å²) >= 11 is 0. The summed E-state index contributed by atoms with van der Waals surface area (Å²) in [4.78, 5) is 13.1. The predicted octanol–water partition coefficient (Wildman–Crippen LogP) is 1.23. The maximum atomic E-state index is 11.1. The van der Waals surface area contributed by atoms with Crippen LogP contribution in [-0.4, -0.2) is 10.8 Å². The third-order valence-corrected chi connectivity index (χ3v) is 3.03. The lowest BCUT2D eigenvalue weighted by molar-refractivity contribution is -0.117. The standard InChI is InChI=1S/C13H13N3O/c14-12(17)8-10-5-4-9-2-1-3-11-13(9)16(10)7-6-15-11/h1,3-7,15H,2,8H2,(H2,14,17). The van der Waals surface area contributed by atoms with Gasteiger partial charge in [-0.2, -0.15) is 0 Å². The van der Waals surface area contributed by atoms with E-state index in [1.807, 2.05) is 23.4 Å². The minimum Gasteiger partial charge on any atom is -0.369 e. The van der Waals surface area contributed by atoms with Crippen molar-refractivity contribution < 1.29 is 4.79 Å². The number of nitrogens with zero attached hydrogens (tertiary/aromatic N) is 1. The molecule has 4 heteroatoms. The van der Waals surface area contributed by atoms with Crippen molar-refractivity contribution in [2.75, 3.05) is 0 Å². The minimum atomic E-state index is -0.312. The van der Waals surface area contributed by atoms with E-state index >= 15 is 0 Å². The van der Waals surface area contributed by atoms with Gasteiger partial charge in [0.1, 0.15) is 0 Å². The molecule has 3 N–H and O–H groups in total. The molecule has 0 radical (unpaired) electrons. The number of nitrogens with one attached hydrogen (secondary N) is 1. The monoisotopic (exact) mass is 227 g/mol. The highest BCUT2D eigenvalue weighted by Crippen LogP contribution is 2.35. The fraction of sp³-hybridized carbons (Fsp3) is 0.154. The molecule has 1 aliphatic carbocycles. The van der Waals surface area contributed by atoms with E-state index in [1.165, 1.54) is 5.57 Å². The Kier molecular flexibility index (Phi) is 2.14. The molecular weight excluding hydrogens is 214 g/mol. The van der Waals surface area contributed by atoms with Crippen LogP contribution in [0.1, 0.15) is 12.8 Å². The molecule has 3 rings (SSSR count). The highest BCUT2D eigenvalue weighted by atomic mass is 16.1. The van der Waals surface area contributed by atoms with Crippen molar-refractivity contribution in [3.8, 4) is 0 Å². The third kappa shape index (κ3) is 1.58. The molecule has 0 saturated heterocycles. The lowest BCUT2D eigenvalue weighted by Gasteiger charge is -2.35. The van der Waals surface area contributed by atoms with Crippen LogP contribution in [0.15, 0.2) is 59.4 Å². The summed E-state index contributed by atoms with van der Waals surface area (Å²) in [5, 5.41) is 3.21. The second kappa shape index (κ2) is 3.66. The van der Waals surface area contributed by atoms with Crippen molar-refractivity contribution in [3.63, 3.8) is 0 Å². The minimum absolute atomic E-state index is 0.259. The van der Waals surface area contributed by atoms with Gasteiger partial charge in [0.15, 0.2) is 0 Å². The summed E-state index contributed by atoms with van der Waals surface area (Å²) in [6.07, 6.45) is 13.2. The number of primary amides is 1. The van der Waals surface area contributed by atoms with Crippen LogP contribution in [0, 0.1) is 0 Å². The van der Waals surface area contributed by atoms with Crippen molar-refractivity contribution in [2.45, 2.75) is 12.8 Å². The molecule has 0 saturated carbocycles. The number of amides is 1. The molecule has 0 aromatic heterocycles. The summed E-state index contributed by atoms with van der Waals surface area (Å²) in [6.45, 7) is 0. The Labute approximate surface area is 99.5 Å². The quantitative estimate of drug-likeness (QED) is 0.746.